The second-order valence-electron chi connectivity index (χ2n) is 5.31. The van der Waals surface area contributed by atoms with Crippen molar-refractivity contribution in [3.63, 3.8) is 0 Å². The Morgan fingerprint density at radius 1 is 1.18 bits per heavy atom. The Kier molecular flexibility index (Phi) is 5.84. The molecule has 0 saturated heterocycles. The van der Waals surface area contributed by atoms with Gasteiger partial charge in [0.2, 0.25) is 10.9 Å². The molecule has 0 aliphatic heterocycles. The van der Waals surface area contributed by atoms with Gasteiger partial charge in [-0.25, -0.2) is 0 Å². The molecule has 1 heterocycles. The lowest BCUT2D eigenvalue weighted by atomic mass is 10.1. The van der Waals surface area contributed by atoms with Gasteiger partial charge in [0.15, 0.2) is 0 Å². The molecule has 0 unspecified atom stereocenters. The Labute approximate surface area is 170 Å². The number of halogens is 1. The van der Waals surface area contributed by atoms with E-state index < -0.39 is 21.2 Å². The quantitative estimate of drug-likeness (QED) is 0.290. The van der Waals surface area contributed by atoms with Crippen molar-refractivity contribution in [2.45, 2.75) is 10.9 Å². The first-order chi connectivity index (χ1) is 13.4. The normalized spacial score (nSPS) is 10.6. The predicted octanol–water partition coefficient (Wildman–Crippen LogP) is 3.54. The van der Waals surface area contributed by atoms with Crippen molar-refractivity contribution in [2.75, 3.05) is 7.11 Å². The van der Waals surface area contributed by atoms with Crippen LogP contribution in [-0.2, 0) is 5.75 Å². The summed E-state index contributed by atoms with van der Waals surface area (Å²) in [5.74, 6) is 0.0912. The van der Waals surface area contributed by atoms with E-state index in [9.17, 15) is 20.2 Å². The Bertz CT molecular complexity index is 1040. The number of ether oxygens (including phenoxy) is 1. The Morgan fingerprint density at radius 2 is 1.89 bits per heavy atom. The fourth-order valence-electron chi connectivity index (χ4n) is 2.40. The van der Waals surface area contributed by atoms with Gasteiger partial charge < -0.3 is 4.74 Å². The third kappa shape index (κ3) is 4.09. The zero-order valence-corrected chi connectivity index (χ0v) is 16.6. The Balaban J connectivity index is 1.93. The van der Waals surface area contributed by atoms with Gasteiger partial charge in [0, 0.05) is 21.9 Å². The molecule has 0 aliphatic rings. The molecule has 13 heteroatoms. The summed E-state index contributed by atoms with van der Waals surface area (Å²) in [5.41, 5.74) is 0.141. The molecule has 0 aliphatic carbocycles. The minimum Gasteiger partial charge on any atom is -0.490 e. The van der Waals surface area contributed by atoms with Crippen molar-refractivity contribution in [1.29, 1.82) is 0 Å². The minimum absolute atomic E-state index is 0.0363. The number of tetrazole rings is 1. The Morgan fingerprint density at radius 3 is 2.50 bits per heavy atom. The standard InChI is InChI=1S/C15H11BrN6O5S/c1-27-14-9(6-12(21(23)24)7-13(14)22(25)26)8-28-15-17-18-19-20(15)11-4-2-10(16)3-5-11/h2-7H,8H2,1H3. The highest BCUT2D eigenvalue weighted by atomic mass is 79.9. The van der Waals surface area contributed by atoms with Gasteiger partial charge in [-0.1, -0.05) is 27.7 Å². The van der Waals surface area contributed by atoms with E-state index in [1.807, 2.05) is 24.3 Å². The number of methoxy groups -OCH3 is 1. The van der Waals surface area contributed by atoms with Crippen molar-refractivity contribution in [1.82, 2.24) is 20.2 Å². The first-order valence-electron chi connectivity index (χ1n) is 7.57. The largest absolute Gasteiger partial charge is 0.490 e. The maximum atomic E-state index is 11.3. The van der Waals surface area contributed by atoms with E-state index in [2.05, 4.69) is 31.5 Å². The van der Waals surface area contributed by atoms with E-state index in [4.69, 9.17) is 4.74 Å². The van der Waals surface area contributed by atoms with Crippen LogP contribution in [0.2, 0.25) is 0 Å². The van der Waals surface area contributed by atoms with Gasteiger partial charge in [0.05, 0.1) is 28.7 Å². The van der Waals surface area contributed by atoms with Crippen LogP contribution in [0.3, 0.4) is 0 Å². The van der Waals surface area contributed by atoms with E-state index in [-0.39, 0.29) is 11.5 Å². The first kappa shape index (κ1) is 19.7. The highest BCUT2D eigenvalue weighted by molar-refractivity contribution is 9.10. The molecule has 0 fully saturated rings. The summed E-state index contributed by atoms with van der Waals surface area (Å²) >= 11 is 4.52. The van der Waals surface area contributed by atoms with Crippen LogP contribution in [0.25, 0.3) is 5.69 Å². The molecular formula is C15H11BrN6O5S. The molecule has 144 valence electrons. The predicted molar refractivity (Wildman–Crippen MR) is 103 cm³/mol. The Hall–Kier alpha value is -3.06. The number of nitrogens with zero attached hydrogens (tertiary/aromatic N) is 6. The number of rotatable bonds is 7. The number of thioether (sulfide) groups is 1. The topological polar surface area (TPSA) is 139 Å². The van der Waals surface area contributed by atoms with Crippen LogP contribution >= 0.6 is 27.7 Å². The summed E-state index contributed by atoms with van der Waals surface area (Å²) in [4.78, 5) is 21.0. The number of hydrogen-bond donors (Lipinski definition) is 0. The summed E-state index contributed by atoms with van der Waals surface area (Å²) in [6.07, 6.45) is 0. The molecule has 0 spiro atoms. The SMILES string of the molecule is COc1c(CSc2nnnn2-c2ccc(Br)cc2)cc([N+](=O)[O-])cc1[N+](=O)[O-]. The molecule has 3 aromatic rings. The van der Waals surface area contributed by atoms with Crippen LogP contribution in [0.15, 0.2) is 46.0 Å². The van der Waals surface area contributed by atoms with Gasteiger partial charge in [-0.05, 0) is 34.7 Å². The molecule has 0 amide bonds. The molecule has 11 nitrogen and oxygen atoms in total. The minimum atomic E-state index is -0.716. The zero-order valence-electron chi connectivity index (χ0n) is 14.2. The second kappa shape index (κ2) is 8.31. The average Bonchev–Trinajstić information content (AvgIpc) is 3.14. The smallest absolute Gasteiger partial charge is 0.318 e. The van der Waals surface area contributed by atoms with Crippen LogP contribution < -0.4 is 4.74 Å². The number of aromatic nitrogens is 4. The molecule has 0 N–H and O–H groups in total. The highest BCUT2D eigenvalue weighted by Crippen LogP contribution is 2.38. The lowest BCUT2D eigenvalue weighted by Crippen LogP contribution is -2.02. The third-order valence-electron chi connectivity index (χ3n) is 3.61. The maximum absolute atomic E-state index is 11.3. The number of nitro groups is 2. The number of nitro benzene ring substituents is 2. The van der Waals surface area contributed by atoms with Crippen molar-refractivity contribution in [2.24, 2.45) is 0 Å². The number of hydrogen-bond acceptors (Lipinski definition) is 9. The van der Waals surface area contributed by atoms with Crippen LogP contribution in [0.5, 0.6) is 5.75 Å². The lowest BCUT2D eigenvalue weighted by Gasteiger charge is -2.09. The fraction of sp³-hybridized carbons (Fsp3) is 0.133. The summed E-state index contributed by atoms with van der Waals surface area (Å²) < 4.78 is 7.52. The van der Waals surface area contributed by atoms with Gasteiger partial charge in [0.1, 0.15) is 0 Å². The van der Waals surface area contributed by atoms with Crippen molar-refractivity contribution >= 4 is 39.1 Å². The highest BCUT2D eigenvalue weighted by Gasteiger charge is 2.25. The molecule has 0 saturated carbocycles. The van der Waals surface area contributed by atoms with E-state index in [1.165, 1.54) is 29.6 Å². The molecular weight excluding hydrogens is 456 g/mol. The maximum Gasteiger partial charge on any atom is 0.318 e. The number of benzene rings is 2. The monoisotopic (exact) mass is 466 g/mol. The summed E-state index contributed by atoms with van der Waals surface area (Å²) in [7, 11) is 1.27. The van der Waals surface area contributed by atoms with Crippen molar-refractivity contribution < 1.29 is 14.6 Å². The van der Waals surface area contributed by atoms with E-state index >= 15 is 0 Å². The van der Waals surface area contributed by atoms with E-state index in [0.717, 1.165) is 10.5 Å². The average molecular weight is 467 g/mol. The van der Waals surface area contributed by atoms with Crippen LogP contribution in [0.1, 0.15) is 5.56 Å². The number of non-ortho nitro benzene ring substituents is 1. The van der Waals surface area contributed by atoms with Crippen molar-refractivity contribution in [3.05, 3.63) is 66.7 Å². The molecule has 2 aromatic carbocycles. The molecule has 28 heavy (non-hydrogen) atoms. The molecule has 0 atom stereocenters. The van der Waals surface area contributed by atoms with Gasteiger partial charge in [-0.3, -0.25) is 20.2 Å². The van der Waals surface area contributed by atoms with Crippen LogP contribution in [-0.4, -0.2) is 37.2 Å². The van der Waals surface area contributed by atoms with Gasteiger partial charge in [-0.15, -0.1) is 5.10 Å². The molecule has 0 bridgehead atoms. The van der Waals surface area contributed by atoms with Gasteiger partial charge in [0.25, 0.3) is 5.69 Å². The summed E-state index contributed by atoms with van der Waals surface area (Å²) in [5, 5.41) is 34.3. The summed E-state index contributed by atoms with van der Waals surface area (Å²) in [6.45, 7) is 0. The third-order valence-corrected chi connectivity index (χ3v) is 5.11. The van der Waals surface area contributed by atoms with Gasteiger partial charge in [-0.2, -0.15) is 4.68 Å². The molecule has 0 radical (unpaired) electrons. The van der Waals surface area contributed by atoms with E-state index in [1.54, 1.807) is 0 Å². The van der Waals surface area contributed by atoms with Crippen LogP contribution in [0, 0.1) is 20.2 Å². The van der Waals surface area contributed by atoms with E-state index in [0.29, 0.717) is 16.4 Å². The summed E-state index contributed by atoms with van der Waals surface area (Å²) in [6, 6.07) is 9.40. The lowest BCUT2D eigenvalue weighted by molar-refractivity contribution is -0.394. The van der Waals surface area contributed by atoms with Crippen LogP contribution in [0.4, 0.5) is 11.4 Å². The van der Waals surface area contributed by atoms with Crippen molar-refractivity contribution in [3.8, 4) is 11.4 Å². The molecule has 1 aromatic heterocycles. The fourth-order valence-corrected chi connectivity index (χ4v) is 3.52. The second-order valence-corrected chi connectivity index (χ2v) is 7.17. The first-order valence-corrected chi connectivity index (χ1v) is 9.35. The zero-order chi connectivity index (χ0) is 20.3. The molecule has 3 rings (SSSR count). The van der Waals surface area contributed by atoms with Gasteiger partial charge >= 0.3 is 5.69 Å².